The summed E-state index contributed by atoms with van der Waals surface area (Å²) in [5, 5.41) is 19.8. The monoisotopic (exact) mass is 484 g/mol. The molecule has 0 N–H and O–H groups in total. The molecule has 2 aromatic carbocycles. The summed E-state index contributed by atoms with van der Waals surface area (Å²) >= 11 is 0. The van der Waals surface area contributed by atoms with Crippen molar-refractivity contribution in [2.75, 3.05) is 0 Å². The molecule has 3 aromatic heterocycles. The van der Waals surface area contributed by atoms with Crippen molar-refractivity contribution in [2.24, 2.45) is 4.99 Å². The summed E-state index contributed by atoms with van der Waals surface area (Å²) in [6, 6.07) is 26.0. The first-order valence-corrected chi connectivity index (χ1v) is 11.9. The lowest BCUT2D eigenvalue weighted by Crippen LogP contribution is -2.00. The molecule has 0 fully saturated rings. The zero-order valence-corrected chi connectivity index (χ0v) is 21.0. The lowest BCUT2D eigenvalue weighted by Gasteiger charge is -2.06. The molecule has 0 spiro atoms. The van der Waals surface area contributed by atoms with Gasteiger partial charge in [0.1, 0.15) is 34.8 Å². The number of nitriles is 2. The predicted octanol–water partition coefficient (Wildman–Crippen LogP) is 7.72. The predicted molar refractivity (Wildman–Crippen MR) is 143 cm³/mol. The molecule has 5 rings (SSSR count). The lowest BCUT2D eigenvalue weighted by atomic mass is 9.98. The molecule has 0 aliphatic carbocycles. The Morgan fingerprint density at radius 2 is 1.43 bits per heavy atom. The maximum Gasteiger partial charge on any atom is 0.238 e. The van der Waals surface area contributed by atoms with Gasteiger partial charge in [0.05, 0.1) is 0 Å². The van der Waals surface area contributed by atoms with Crippen molar-refractivity contribution in [1.82, 2.24) is 4.57 Å². The van der Waals surface area contributed by atoms with Crippen LogP contribution < -0.4 is 0 Å². The highest BCUT2D eigenvalue weighted by Gasteiger charge is 2.23. The quantitative estimate of drug-likeness (QED) is 0.239. The van der Waals surface area contributed by atoms with Crippen LogP contribution in [0.15, 0.2) is 80.6 Å². The van der Waals surface area contributed by atoms with Gasteiger partial charge in [-0.3, -0.25) is 4.57 Å². The third kappa shape index (κ3) is 4.05. The van der Waals surface area contributed by atoms with Crippen LogP contribution in [0, 0.1) is 50.4 Å². The molecule has 0 unspecified atom stereocenters. The van der Waals surface area contributed by atoms with Gasteiger partial charge in [-0.25, -0.2) is 4.99 Å². The number of nitrogens with zero attached hydrogens (tertiary/aromatic N) is 4. The zero-order chi connectivity index (χ0) is 26.1. The van der Waals surface area contributed by atoms with E-state index in [0.717, 1.165) is 33.6 Å². The summed E-state index contributed by atoms with van der Waals surface area (Å²) in [6.07, 6.45) is 1.69. The van der Waals surface area contributed by atoms with Crippen molar-refractivity contribution in [3.05, 3.63) is 106 Å². The molecule has 37 heavy (non-hydrogen) atoms. The molecule has 0 amide bonds. The van der Waals surface area contributed by atoms with E-state index in [4.69, 9.17) is 8.83 Å². The van der Waals surface area contributed by atoms with Crippen molar-refractivity contribution >= 4 is 12.1 Å². The van der Waals surface area contributed by atoms with E-state index < -0.39 is 0 Å². The molecule has 0 radical (unpaired) electrons. The Morgan fingerprint density at radius 3 is 2.05 bits per heavy atom. The third-order valence-corrected chi connectivity index (χ3v) is 6.57. The first kappa shape index (κ1) is 23.7. The van der Waals surface area contributed by atoms with Crippen molar-refractivity contribution in [2.45, 2.75) is 27.7 Å². The molecule has 180 valence electrons. The van der Waals surface area contributed by atoms with Crippen molar-refractivity contribution in [3.63, 3.8) is 0 Å². The summed E-state index contributed by atoms with van der Waals surface area (Å²) in [7, 11) is 0. The van der Waals surface area contributed by atoms with E-state index >= 15 is 0 Å². The molecular weight excluding hydrogens is 460 g/mol. The lowest BCUT2D eigenvalue weighted by molar-refractivity contribution is 0.503. The van der Waals surface area contributed by atoms with E-state index in [-0.39, 0.29) is 5.88 Å². The number of rotatable bonds is 5. The summed E-state index contributed by atoms with van der Waals surface area (Å²) in [5.41, 5.74) is 6.78. The molecular formula is C31H24N4O2. The van der Waals surface area contributed by atoms with E-state index in [1.807, 2.05) is 99.0 Å². The Balaban J connectivity index is 1.63. The number of hydrogen-bond donors (Lipinski definition) is 0. The largest absolute Gasteiger partial charge is 0.443 e. The van der Waals surface area contributed by atoms with Crippen molar-refractivity contribution in [1.29, 1.82) is 10.5 Å². The van der Waals surface area contributed by atoms with Crippen LogP contribution in [0.25, 0.3) is 28.3 Å². The van der Waals surface area contributed by atoms with Gasteiger partial charge < -0.3 is 8.83 Å². The van der Waals surface area contributed by atoms with Gasteiger partial charge in [-0.2, -0.15) is 10.5 Å². The number of furan rings is 2. The number of aliphatic imine (C=N–C) groups is 1. The number of aryl methyl sites for hydroxylation is 2. The molecule has 0 atom stereocenters. The van der Waals surface area contributed by atoms with Crippen LogP contribution >= 0.6 is 0 Å². The van der Waals surface area contributed by atoms with Crippen molar-refractivity contribution < 1.29 is 8.83 Å². The van der Waals surface area contributed by atoms with Crippen LogP contribution in [-0.2, 0) is 0 Å². The highest BCUT2D eigenvalue weighted by atomic mass is 16.4. The summed E-state index contributed by atoms with van der Waals surface area (Å²) in [6.45, 7) is 7.63. The zero-order valence-electron chi connectivity index (χ0n) is 21.0. The Bertz CT molecular complexity index is 1720. The fourth-order valence-corrected chi connectivity index (χ4v) is 4.54. The Kier molecular flexibility index (Phi) is 6.09. The number of benzene rings is 2. The van der Waals surface area contributed by atoms with Crippen LogP contribution in [0.5, 0.6) is 0 Å². The topological polar surface area (TPSA) is 91.2 Å². The highest BCUT2D eigenvalue weighted by Crippen LogP contribution is 2.42. The summed E-state index contributed by atoms with van der Waals surface area (Å²) < 4.78 is 14.1. The second-order valence-electron chi connectivity index (χ2n) is 8.83. The van der Waals surface area contributed by atoms with Gasteiger partial charge in [-0.05, 0) is 39.3 Å². The van der Waals surface area contributed by atoms with Crippen molar-refractivity contribution in [3.8, 4) is 40.5 Å². The van der Waals surface area contributed by atoms with Gasteiger partial charge in [0.15, 0.2) is 0 Å². The minimum Gasteiger partial charge on any atom is -0.443 e. The maximum absolute atomic E-state index is 10.1. The van der Waals surface area contributed by atoms with Gasteiger partial charge in [0.25, 0.3) is 0 Å². The van der Waals surface area contributed by atoms with Crippen LogP contribution in [0.4, 0.5) is 5.88 Å². The molecule has 0 aliphatic rings. The minimum atomic E-state index is 0.243. The van der Waals surface area contributed by atoms with Crippen LogP contribution in [0.3, 0.4) is 0 Å². The Labute approximate surface area is 215 Å². The average molecular weight is 485 g/mol. The fraction of sp³-hybridized carbons (Fsp3) is 0.129. The molecule has 3 heterocycles. The first-order chi connectivity index (χ1) is 17.9. The fourth-order valence-electron chi connectivity index (χ4n) is 4.54. The normalized spacial score (nSPS) is 11.1. The second-order valence-corrected chi connectivity index (χ2v) is 8.83. The standard InChI is InChI=1S/C31H24N4O2/c1-19-15-25(21(3)35(19)31-26(16-32)20(2)22(4)36-31)18-34-30-27(17-33)28(23-11-7-5-8-12-23)29(37-30)24-13-9-6-10-14-24/h5-15,18H,1-4H3/b34-18+. The third-order valence-electron chi connectivity index (χ3n) is 6.57. The molecule has 0 saturated heterocycles. The van der Waals surface area contributed by atoms with Gasteiger partial charge in [0.2, 0.25) is 11.8 Å². The molecule has 0 aliphatic heterocycles. The number of aromatic nitrogens is 1. The molecule has 0 bridgehead atoms. The smallest absolute Gasteiger partial charge is 0.238 e. The Hall–Kier alpha value is -5.07. The molecule has 6 nitrogen and oxygen atoms in total. The molecule has 5 aromatic rings. The van der Waals surface area contributed by atoms with E-state index in [2.05, 4.69) is 17.1 Å². The van der Waals surface area contributed by atoms with Gasteiger partial charge >= 0.3 is 0 Å². The maximum atomic E-state index is 10.1. The van der Waals surface area contributed by atoms with Gasteiger partial charge in [0, 0.05) is 39.9 Å². The Morgan fingerprint density at radius 1 is 0.811 bits per heavy atom. The SMILES string of the molecule is Cc1oc(-n2c(C)cc(/C=N/c3oc(-c4ccccc4)c(-c4ccccc4)c3C#N)c2C)c(C#N)c1C. The van der Waals surface area contributed by atoms with Gasteiger partial charge in [-0.1, -0.05) is 60.7 Å². The van der Waals surface area contributed by atoms with Crippen LogP contribution in [0.1, 0.15) is 39.4 Å². The van der Waals surface area contributed by atoms with E-state index in [9.17, 15) is 10.5 Å². The number of hydrogen-bond acceptors (Lipinski definition) is 5. The minimum absolute atomic E-state index is 0.243. The summed E-state index contributed by atoms with van der Waals surface area (Å²) in [4.78, 5) is 4.63. The van der Waals surface area contributed by atoms with Crippen LogP contribution in [0.2, 0.25) is 0 Å². The average Bonchev–Trinajstić information content (AvgIpc) is 3.53. The van der Waals surface area contributed by atoms with E-state index in [1.54, 1.807) is 6.21 Å². The molecule has 0 saturated carbocycles. The second kappa shape index (κ2) is 9.53. The van der Waals surface area contributed by atoms with Crippen LogP contribution in [-0.4, -0.2) is 10.8 Å². The first-order valence-electron chi connectivity index (χ1n) is 11.9. The van der Waals surface area contributed by atoms with E-state index in [1.165, 1.54) is 0 Å². The van der Waals surface area contributed by atoms with E-state index in [0.29, 0.717) is 34.1 Å². The van der Waals surface area contributed by atoms with Gasteiger partial charge in [-0.15, -0.1) is 0 Å². The summed E-state index contributed by atoms with van der Waals surface area (Å²) in [5.74, 6) is 2.06. The highest BCUT2D eigenvalue weighted by molar-refractivity contribution is 5.90. The molecule has 6 heteroatoms.